The van der Waals surface area contributed by atoms with Crippen LogP contribution in [0, 0.1) is 16.0 Å². The molecule has 1 aromatic heterocycles. The summed E-state index contributed by atoms with van der Waals surface area (Å²) in [6.07, 6.45) is -0.357. The second kappa shape index (κ2) is 6.63. The summed E-state index contributed by atoms with van der Waals surface area (Å²) < 4.78 is 10.3. The van der Waals surface area contributed by atoms with Crippen LogP contribution in [0.25, 0.3) is 0 Å². The Bertz CT molecular complexity index is 469. The summed E-state index contributed by atoms with van der Waals surface area (Å²) in [4.78, 5) is 22.3. The van der Waals surface area contributed by atoms with Crippen LogP contribution in [0.2, 0.25) is 0 Å². The molecule has 0 aliphatic carbocycles. The van der Waals surface area contributed by atoms with Gasteiger partial charge in [0.1, 0.15) is 4.88 Å². The number of hydrogen-bond acceptors (Lipinski definition) is 6. The Balaban J connectivity index is 3.29. The van der Waals surface area contributed by atoms with Crippen LogP contribution in [-0.4, -0.2) is 24.6 Å². The van der Waals surface area contributed by atoms with E-state index in [1.54, 1.807) is 0 Å². The van der Waals surface area contributed by atoms with E-state index in [4.69, 9.17) is 4.74 Å². The Morgan fingerprint density at radius 3 is 2.58 bits per heavy atom. The minimum absolute atomic E-state index is 0.0826. The van der Waals surface area contributed by atoms with Crippen molar-refractivity contribution in [3.8, 4) is 0 Å². The van der Waals surface area contributed by atoms with E-state index in [2.05, 4.69) is 4.74 Å². The predicted molar refractivity (Wildman–Crippen MR) is 71.5 cm³/mol. The molecule has 0 amide bonds. The molecule has 0 bridgehead atoms. The number of esters is 1. The van der Waals surface area contributed by atoms with Crippen molar-refractivity contribution in [1.29, 1.82) is 0 Å². The maximum absolute atomic E-state index is 11.7. The second-order valence-corrected chi connectivity index (χ2v) is 5.27. The van der Waals surface area contributed by atoms with Gasteiger partial charge in [-0.1, -0.05) is 25.2 Å². The molecule has 1 rings (SSSR count). The number of ether oxygens (including phenoxy) is 2. The van der Waals surface area contributed by atoms with E-state index < -0.39 is 10.9 Å². The van der Waals surface area contributed by atoms with E-state index >= 15 is 0 Å². The summed E-state index contributed by atoms with van der Waals surface area (Å²) >= 11 is 0.818. The summed E-state index contributed by atoms with van der Waals surface area (Å²) in [5, 5.41) is 10.8. The molecule has 0 aliphatic heterocycles. The maximum Gasteiger partial charge on any atom is 0.348 e. The summed E-state index contributed by atoms with van der Waals surface area (Å²) in [6.45, 7) is 6.18. The van der Waals surface area contributed by atoms with Crippen LogP contribution in [0.3, 0.4) is 0 Å². The number of thiophene rings is 1. The average Bonchev–Trinajstić information content (AvgIpc) is 2.79. The van der Waals surface area contributed by atoms with Gasteiger partial charge in [0.15, 0.2) is 0 Å². The number of methoxy groups -OCH3 is 1. The Morgan fingerprint density at radius 2 is 2.16 bits per heavy atom. The van der Waals surface area contributed by atoms with Crippen LogP contribution < -0.4 is 0 Å². The Hall–Kier alpha value is -1.47. The fourth-order valence-corrected chi connectivity index (χ4v) is 2.70. The summed E-state index contributed by atoms with van der Waals surface area (Å²) in [5.74, 6) is -0.476. The minimum atomic E-state index is -0.571. The fourth-order valence-electron chi connectivity index (χ4n) is 1.77. The van der Waals surface area contributed by atoms with E-state index in [0.29, 0.717) is 12.2 Å². The number of rotatable bonds is 6. The quantitative estimate of drug-likeness (QED) is 0.456. The van der Waals surface area contributed by atoms with Crippen molar-refractivity contribution in [3.05, 3.63) is 26.6 Å². The van der Waals surface area contributed by atoms with Crippen LogP contribution in [-0.2, 0) is 9.47 Å². The van der Waals surface area contributed by atoms with Crippen LogP contribution in [0.1, 0.15) is 42.1 Å². The summed E-state index contributed by atoms with van der Waals surface area (Å²) in [7, 11) is 1.25. The van der Waals surface area contributed by atoms with Gasteiger partial charge in [0.05, 0.1) is 18.1 Å². The van der Waals surface area contributed by atoms with Crippen molar-refractivity contribution in [2.45, 2.75) is 26.9 Å². The molecule has 1 atom stereocenters. The minimum Gasteiger partial charge on any atom is -0.465 e. The first kappa shape index (κ1) is 15.6. The highest BCUT2D eigenvalue weighted by Crippen LogP contribution is 2.37. The molecule has 19 heavy (non-hydrogen) atoms. The monoisotopic (exact) mass is 287 g/mol. The molecule has 0 aliphatic rings. The molecule has 6 nitrogen and oxygen atoms in total. The van der Waals surface area contributed by atoms with Crippen LogP contribution >= 0.6 is 11.3 Å². The normalized spacial score (nSPS) is 12.5. The number of carbonyl (C=O) groups excluding carboxylic acids is 1. The Labute approximate surface area is 115 Å². The Kier molecular flexibility index (Phi) is 5.44. The van der Waals surface area contributed by atoms with E-state index in [1.807, 2.05) is 20.8 Å². The highest BCUT2D eigenvalue weighted by atomic mass is 32.1. The molecular formula is C12H17NO5S. The molecule has 0 radical (unpaired) electrons. The van der Waals surface area contributed by atoms with Gasteiger partial charge >= 0.3 is 11.0 Å². The van der Waals surface area contributed by atoms with Crippen LogP contribution in [0.4, 0.5) is 5.00 Å². The molecule has 1 heterocycles. The van der Waals surface area contributed by atoms with Crippen molar-refractivity contribution < 1.29 is 19.2 Å². The lowest BCUT2D eigenvalue weighted by atomic mass is 9.99. The van der Waals surface area contributed by atoms with Crippen molar-refractivity contribution >= 4 is 22.3 Å². The lowest BCUT2D eigenvalue weighted by Gasteiger charge is -2.20. The third kappa shape index (κ3) is 3.51. The van der Waals surface area contributed by atoms with Gasteiger partial charge in [0, 0.05) is 18.2 Å². The first-order chi connectivity index (χ1) is 8.92. The molecule has 0 aromatic carbocycles. The molecule has 0 saturated heterocycles. The summed E-state index contributed by atoms with van der Waals surface area (Å²) in [5.41, 5.74) is 0.528. The number of nitro groups is 1. The summed E-state index contributed by atoms with van der Waals surface area (Å²) in [6, 6.07) is 1.40. The topological polar surface area (TPSA) is 78.7 Å². The first-order valence-corrected chi connectivity index (χ1v) is 6.72. The first-order valence-electron chi connectivity index (χ1n) is 5.90. The second-order valence-electron chi connectivity index (χ2n) is 4.24. The lowest BCUT2D eigenvalue weighted by molar-refractivity contribution is -0.380. The number of hydrogen-bond donors (Lipinski definition) is 0. The molecule has 1 unspecified atom stereocenters. The van der Waals surface area contributed by atoms with E-state index in [-0.39, 0.29) is 21.9 Å². The van der Waals surface area contributed by atoms with Crippen LogP contribution in [0.15, 0.2) is 6.07 Å². The van der Waals surface area contributed by atoms with Crippen molar-refractivity contribution in [1.82, 2.24) is 0 Å². The molecule has 1 aromatic rings. The van der Waals surface area contributed by atoms with E-state index in [9.17, 15) is 14.9 Å². The van der Waals surface area contributed by atoms with E-state index in [0.717, 1.165) is 11.3 Å². The molecular weight excluding hydrogens is 270 g/mol. The van der Waals surface area contributed by atoms with Gasteiger partial charge in [-0.2, -0.15) is 0 Å². The van der Waals surface area contributed by atoms with Gasteiger partial charge in [-0.15, -0.1) is 0 Å². The molecule has 0 saturated carbocycles. The number of nitrogens with zero attached hydrogens (tertiary/aromatic N) is 1. The average molecular weight is 287 g/mol. The highest BCUT2D eigenvalue weighted by molar-refractivity contribution is 7.17. The number of carbonyl (C=O) groups is 1. The van der Waals surface area contributed by atoms with Crippen molar-refractivity contribution in [3.63, 3.8) is 0 Å². The lowest BCUT2D eigenvalue weighted by Crippen LogP contribution is -2.14. The third-order valence-corrected chi connectivity index (χ3v) is 3.64. The third-order valence-electron chi connectivity index (χ3n) is 2.56. The van der Waals surface area contributed by atoms with Crippen molar-refractivity contribution in [2.75, 3.05) is 13.7 Å². The van der Waals surface area contributed by atoms with Gasteiger partial charge in [0.2, 0.25) is 0 Å². The highest BCUT2D eigenvalue weighted by Gasteiger charge is 2.29. The zero-order valence-electron chi connectivity index (χ0n) is 11.3. The molecule has 0 N–H and O–H groups in total. The zero-order valence-corrected chi connectivity index (χ0v) is 12.2. The van der Waals surface area contributed by atoms with E-state index in [1.165, 1.54) is 13.2 Å². The SMILES string of the molecule is CCOC(c1cc([N+](=O)[O-])sc1C(=O)OC)C(C)C. The standard InChI is InChI=1S/C12H17NO5S/c1-5-18-10(7(2)3)8-6-9(13(15)16)19-11(8)12(14)17-4/h6-7,10H,5H2,1-4H3. The molecule has 0 spiro atoms. The van der Waals surface area contributed by atoms with Crippen LogP contribution in [0.5, 0.6) is 0 Å². The van der Waals surface area contributed by atoms with Gasteiger partial charge in [-0.05, 0) is 12.8 Å². The van der Waals surface area contributed by atoms with Gasteiger partial charge in [0.25, 0.3) is 0 Å². The Morgan fingerprint density at radius 1 is 1.53 bits per heavy atom. The molecule has 106 valence electrons. The smallest absolute Gasteiger partial charge is 0.348 e. The fraction of sp³-hybridized carbons (Fsp3) is 0.583. The molecule has 7 heteroatoms. The van der Waals surface area contributed by atoms with Gasteiger partial charge in [-0.3, -0.25) is 10.1 Å². The van der Waals surface area contributed by atoms with Gasteiger partial charge in [-0.25, -0.2) is 4.79 Å². The van der Waals surface area contributed by atoms with Crippen molar-refractivity contribution in [2.24, 2.45) is 5.92 Å². The van der Waals surface area contributed by atoms with Gasteiger partial charge < -0.3 is 9.47 Å². The largest absolute Gasteiger partial charge is 0.465 e. The molecule has 0 fully saturated rings. The predicted octanol–water partition coefficient (Wildman–Crippen LogP) is 3.18. The zero-order chi connectivity index (χ0) is 14.6. The maximum atomic E-state index is 11.7.